The molecule has 0 radical (unpaired) electrons. The number of methoxy groups -OCH3 is 1. The second kappa shape index (κ2) is 8.22. The van der Waals surface area contributed by atoms with E-state index in [0.717, 1.165) is 12.0 Å². The average Bonchev–Trinajstić information content (AvgIpc) is 2.54. The standard InChI is InChI=1S/C18H21NO2/c1-21-14-17(16-10-6-3-7-11-16)19-18(20)13-12-15-8-4-2-5-9-15/h2-11,17H,12-14H2,1H3,(H,19,20)/t17-/m0/s1. The first kappa shape index (κ1) is 15.3. The number of amides is 1. The summed E-state index contributed by atoms with van der Waals surface area (Å²) in [6.07, 6.45) is 1.23. The number of aryl methyl sites for hydroxylation is 1. The molecule has 0 unspecified atom stereocenters. The zero-order valence-corrected chi connectivity index (χ0v) is 12.3. The monoisotopic (exact) mass is 283 g/mol. The van der Waals surface area contributed by atoms with Gasteiger partial charge in [0, 0.05) is 13.5 Å². The third-order valence-electron chi connectivity index (χ3n) is 3.35. The van der Waals surface area contributed by atoms with Gasteiger partial charge in [0.1, 0.15) is 0 Å². The lowest BCUT2D eigenvalue weighted by Crippen LogP contribution is -2.31. The molecule has 2 aromatic rings. The van der Waals surface area contributed by atoms with Crippen LogP contribution in [-0.4, -0.2) is 19.6 Å². The van der Waals surface area contributed by atoms with Crippen molar-refractivity contribution in [1.29, 1.82) is 0 Å². The smallest absolute Gasteiger partial charge is 0.220 e. The number of ether oxygens (including phenoxy) is 1. The second-order valence-corrected chi connectivity index (χ2v) is 4.97. The number of nitrogens with one attached hydrogen (secondary N) is 1. The minimum Gasteiger partial charge on any atom is -0.382 e. The van der Waals surface area contributed by atoms with Crippen molar-refractivity contribution >= 4 is 5.91 Å². The molecular weight excluding hydrogens is 262 g/mol. The maximum Gasteiger partial charge on any atom is 0.220 e. The van der Waals surface area contributed by atoms with Gasteiger partial charge >= 0.3 is 0 Å². The largest absolute Gasteiger partial charge is 0.382 e. The molecule has 0 heterocycles. The molecule has 0 bridgehead atoms. The first-order valence-electron chi connectivity index (χ1n) is 7.17. The minimum atomic E-state index is -0.0977. The van der Waals surface area contributed by atoms with Gasteiger partial charge in [-0.2, -0.15) is 0 Å². The molecule has 1 amide bonds. The van der Waals surface area contributed by atoms with E-state index < -0.39 is 0 Å². The lowest BCUT2D eigenvalue weighted by atomic mass is 10.1. The van der Waals surface area contributed by atoms with Gasteiger partial charge in [-0.1, -0.05) is 60.7 Å². The molecule has 3 nitrogen and oxygen atoms in total. The maximum absolute atomic E-state index is 12.1. The Kier molecular flexibility index (Phi) is 5.98. The van der Waals surface area contributed by atoms with Gasteiger partial charge < -0.3 is 10.1 Å². The van der Waals surface area contributed by atoms with Crippen molar-refractivity contribution in [2.75, 3.05) is 13.7 Å². The highest BCUT2D eigenvalue weighted by molar-refractivity contribution is 5.76. The first-order chi connectivity index (χ1) is 10.3. The van der Waals surface area contributed by atoms with Crippen LogP contribution in [0.4, 0.5) is 0 Å². The van der Waals surface area contributed by atoms with E-state index in [4.69, 9.17) is 4.74 Å². The first-order valence-corrected chi connectivity index (χ1v) is 7.17. The molecule has 21 heavy (non-hydrogen) atoms. The van der Waals surface area contributed by atoms with Crippen molar-refractivity contribution in [1.82, 2.24) is 5.32 Å². The fourth-order valence-electron chi connectivity index (χ4n) is 2.24. The molecule has 1 N–H and O–H groups in total. The van der Waals surface area contributed by atoms with Crippen LogP contribution in [0.3, 0.4) is 0 Å². The van der Waals surface area contributed by atoms with E-state index in [2.05, 4.69) is 5.32 Å². The van der Waals surface area contributed by atoms with E-state index >= 15 is 0 Å². The quantitative estimate of drug-likeness (QED) is 0.848. The van der Waals surface area contributed by atoms with E-state index in [9.17, 15) is 4.79 Å². The summed E-state index contributed by atoms with van der Waals surface area (Å²) in [5.41, 5.74) is 2.24. The van der Waals surface area contributed by atoms with Crippen LogP contribution in [0.5, 0.6) is 0 Å². The highest BCUT2D eigenvalue weighted by Gasteiger charge is 2.14. The summed E-state index contributed by atoms with van der Waals surface area (Å²) in [5, 5.41) is 3.04. The van der Waals surface area contributed by atoms with Gasteiger partial charge in [-0.15, -0.1) is 0 Å². The van der Waals surface area contributed by atoms with Crippen molar-refractivity contribution in [2.24, 2.45) is 0 Å². The molecular formula is C18H21NO2. The second-order valence-electron chi connectivity index (χ2n) is 4.97. The molecule has 0 aliphatic heterocycles. The molecule has 2 rings (SSSR count). The van der Waals surface area contributed by atoms with Crippen LogP contribution < -0.4 is 5.32 Å². The Morgan fingerprint density at radius 2 is 1.67 bits per heavy atom. The molecule has 110 valence electrons. The van der Waals surface area contributed by atoms with Gasteiger partial charge in [0.25, 0.3) is 0 Å². The van der Waals surface area contributed by atoms with E-state index in [0.29, 0.717) is 13.0 Å². The Balaban J connectivity index is 1.89. The highest BCUT2D eigenvalue weighted by atomic mass is 16.5. The fraction of sp³-hybridized carbons (Fsp3) is 0.278. The van der Waals surface area contributed by atoms with E-state index in [1.165, 1.54) is 5.56 Å². The molecule has 0 saturated carbocycles. The minimum absolute atomic E-state index is 0.0461. The van der Waals surface area contributed by atoms with Gasteiger partial charge in [0.15, 0.2) is 0 Å². The summed E-state index contributed by atoms with van der Waals surface area (Å²) in [6.45, 7) is 0.473. The zero-order valence-electron chi connectivity index (χ0n) is 12.3. The zero-order chi connectivity index (χ0) is 14.9. The van der Waals surface area contributed by atoms with Crippen LogP contribution in [0.15, 0.2) is 60.7 Å². The average molecular weight is 283 g/mol. The number of rotatable bonds is 7. The summed E-state index contributed by atoms with van der Waals surface area (Å²) < 4.78 is 5.21. The van der Waals surface area contributed by atoms with Gasteiger partial charge in [-0.3, -0.25) is 4.79 Å². The van der Waals surface area contributed by atoms with Crippen LogP contribution in [0.1, 0.15) is 23.6 Å². The summed E-state index contributed by atoms with van der Waals surface area (Å²) in [6, 6.07) is 19.8. The van der Waals surface area contributed by atoms with Crippen LogP contribution in [-0.2, 0) is 16.0 Å². The van der Waals surface area contributed by atoms with Crippen LogP contribution >= 0.6 is 0 Å². The van der Waals surface area contributed by atoms with Crippen molar-refractivity contribution in [3.05, 3.63) is 71.8 Å². The Morgan fingerprint density at radius 1 is 1.05 bits per heavy atom. The van der Waals surface area contributed by atoms with E-state index in [1.807, 2.05) is 60.7 Å². The van der Waals surface area contributed by atoms with Crippen molar-refractivity contribution < 1.29 is 9.53 Å². The SMILES string of the molecule is COC[C@H](NC(=O)CCc1ccccc1)c1ccccc1. The number of carbonyl (C=O) groups excluding carboxylic acids is 1. The number of carbonyl (C=O) groups is 1. The lowest BCUT2D eigenvalue weighted by Gasteiger charge is -2.18. The number of hydrogen-bond acceptors (Lipinski definition) is 2. The molecule has 2 aromatic carbocycles. The number of benzene rings is 2. The normalized spacial score (nSPS) is 11.9. The maximum atomic E-state index is 12.1. The van der Waals surface area contributed by atoms with Crippen molar-refractivity contribution in [3.63, 3.8) is 0 Å². The lowest BCUT2D eigenvalue weighted by molar-refractivity contribution is -0.122. The molecule has 0 aliphatic rings. The third-order valence-corrected chi connectivity index (χ3v) is 3.35. The predicted molar refractivity (Wildman–Crippen MR) is 84.0 cm³/mol. The molecule has 0 aromatic heterocycles. The molecule has 3 heteroatoms. The summed E-state index contributed by atoms with van der Waals surface area (Å²) in [5.74, 6) is 0.0461. The van der Waals surface area contributed by atoms with Crippen LogP contribution in [0.25, 0.3) is 0 Å². The van der Waals surface area contributed by atoms with E-state index in [-0.39, 0.29) is 11.9 Å². The van der Waals surface area contributed by atoms with Gasteiger partial charge in [0.05, 0.1) is 12.6 Å². The summed E-state index contributed by atoms with van der Waals surface area (Å²) in [7, 11) is 1.64. The Labute approximate surface area is 126 Å². The highest BCUT2D eigenvalue weighted by Crippen LogP contribution is 2.13. The van der Waals surface area contributed by atoms with Crippen LogP contribution in [0.2, 0.25) is 0 Å². The van der Waals surface area contributed by atoms with Crippen molar-refractivity contribution in [3.8, 4) is 0 Å². The summed E-state index contributed by atoms with van der Waals surface area (Å²) in [4.78, 5) is 12.1. The van der Waals surface area contributed by atoms with E-state index in [1.54, 1.807) is 7.11 Å². The topological polar surface area (TPSA) is 38.3 Å². The van der Waals surface area contributed by atoms with Gasteiger partial charge in [-0.05, 0) is 17.5 Å². The predicted octanol–water partition coefficient (Wildman–Crippen LogP) is 3.12. The van der Waals surface area contributed by atoms with Gasteiger partial charge in [-0.25, -0.2) is 0 Å². The summed E-state index contributed by atoms with van der Waals surface area (Å²) >= 11 is 0. The molecule has 0 saturated heterocycles. The number of hydrogen-bond donors (Lipinski definition) is 1. The van der Waals surface area contributed by atoms with Crippen LogP contribution in [0, 0.1) is 0 Å². The van der Waals surface area contributed by atoms with Gasteiger partial charge in [0.2, 0.25) is 5.91 Å². The molecule has 0 spiro atoms. The van der Waals surface area contributed by atoms with Crippen molar-refractivity contribution in [2.45, 2.75) is 18.9 Å². The fourth-order valence-corrected chi connectivity index (χ4v) is 2.24. The molecule has 0 aliphatic carbocycles. The molecule has 0 fully saturated rings. The Hall–Kier alpha value is -2.13. The Morgan fingerprint density at radius 3 is 2.29 bits per heavy atom. The molecule has 1 atom stereocenters. The Bertz CT molecular complexity index is 540. The third kappa shape index (κ3) is 5.04.